The smallest absolute Gasteiger partial charge is 0.222 e. The molecule has 1 saturated heterocycles. The molecule has 1 aromatic rings. The molecule has 4 heteroatoms. The minimum absolute atomic E-state index is 0.472. The first kappa shape index (κ1) is 9.40. The molecule has 0 aromatic carbocycles. The number of nitrogens with one attached hydrogen (secondary N) is 2. The molecule has 0 spiro atoms. The van der Waals surface area contributed by atoms with Crippen molar-refractivity contribution in [3.63, 3.8) is 0 Å². The molecule has 2 rings (SSSR count). The van der Waals surface area contributed by atoms with Crippen LogP contribution in [0.2, 0.25) is 0 Å². The van der Waals surface area contributed by atoms with Gasteiger partial charge in [-0.15, -0.1) is 0 Å². The zero-order chi connectivity index (χ0) is 9.64. The third kappa shape index (κ3) is 2.67. The Balaban J connectivity index is 1.90. The van der Waals surface area contributed by atoms with Crippen LogP contribution < -0.4 is 10.6 Å². The second-order valence-electron chi connectivity index (χ2n) is 3.61. The second kappa shape index (κ2) is 4.91. The van der Waals surface area contributed by atoms with Gasteiger partial charge in [0, 0.05) is 25.0 Å². The summed E-state index contributed by atoms with van der Waals surface area (Å²) in [5, 5.41) is 6.74. The van der Waals surface area contributed by atoms with Gasteiger partial charge in [-0.1, -0.05) is 6.42 Å². The fourth-order valence-corrected chi connectivity index (χ4v) is 1.70. The molecule has 1 aliphatic rings. The first-order chi connectivity index (χ1) is 6.95. The standard InChI is InChI=1S/C10H16N4/c1-2-5-11-8-9(4-1)14-10-12-6-3-7-13-10/h3,6-7,9,11H,1-2,4-5,8H2,(H,12,13,14)/t9-/m0/s1. The maximum absolute atomic E-state index is 4.15. The van der Waals surface area contributed by atoms with E-state index in [4.69, 9.17) is 0 Å². The van der Waals surface area contributed by atoms with Crippen LogP contribution in [-0.4, -0.2) is 29.1 Å². The number of hydrogen-bond acceptors (Lipinski definition) is 4. The highest BCUT2D eigenvalue weighted by Gasteiger charge is 2.11. The average molecular weight is 192 g/mol. The van der Waals surface area contributed by atoms with E-state index >= 15 is 0 Å². The first-order valence-electron chi connectivity index (χ1n) is 5.19. The van der Waals surface area contributed by atoms with Gasteiger partial charge in [-0.05, 0) is 25.5 Å². The Bertz CT molecular complexity index is 254. The normalized spacial score (nSPS) is 22.7. The maximum atomic E-state index is 4.15. The van der Waals surface area contributed by atoms with Gasteiger partial charge in [0.15, 0.2) is 0 Å². The minimum Gasteiger partial charge on any atom is -0.350 e. The second-order valence-corrected chi connectivity index (χ2v) is 3.61. The Hall–Kier alpha value is -1.16. The van der Waals surface area contributed by atoms with Crippen molar-refractivity contribution in [3.8, 4) is 0 Å². The van der Waals surface area contributed by atoms with E-state index in [9.17, 15) is 0 Å². The zero-order valence-corrected chi connectivity index (χ0v) is 8.24. The van der Waals surface area contributed by atoms with Crippen molar-refractivity contribution >= 4 is 5.95 Å². The fourth-order valence-electron chi connectivity index (χ4n) is 1.70. The molecular weight excluding hydrogens is 176 g/mol. The Morgan fingerprint density at radius 1 is 1.29 bits per heavy atom. The number of anilines is 1. The summed E-state index contributed by atoms with van der Waals surface area (Å²) in [6, 6.07) is 2.30. The van der Waals surface area contributed by atoms with Gasteiger partial charge in [-0.2, -0.15) is 0 Å². The van der Waals surface area contributed by atoms with E-state index in [0.717, 1.165) is 19.0 Å². The summed E-state index contributed by atoms with van der Waals surface area (Å²) in [5.74, 6) is 0.737. The lowest BCUT2D eigenvalue weighted by Crippen LogP contribution is -2.31. The maximum Gasteiger partial charge on any atom is 0.222 e. The van der Waals surface area contributed by atoms with Gasteiger partial charge in [0.05, 0.1) is 0 Å². The molecule has 0 saturated carbocycles. The van der Waals surface area contributed by atoms with E-state index < -0.39 is 0 Å². The number of aromatic nitrogens is 2. The molecule has 4 nitrogen and oxygen atoms in total. The lowest BCUT2D eigenvalue weighted by atomic mass is 10.1. The molecule has 1 aromatic heterocycles. The Kier molecular flexibility index (Phi) is 3.29. The predicted molar refractivity (Wildman–Crippen MR) is 56.2 cm³/mol. The summed E-state index contributed by atoms with van der Waals surface area (Å²) in [6.45, 7) is 2.14. The van der Waals surface area contributed by atoms with Crippen LogP contribution in [0.1, 0.15) is 19.3 Å². The van der Waals surface area contributed by atoms with E-state index in [-0.39, 0.29) is 0 Å². The van der Waals surface area contributed by atoms with Crippen LogP contribution in [0.4, 0.5) is 5.95 Å². The van der Waals surface area contributed by atoms with Crippen LogP contribution in [0.25, 0.3) is 0 Å². The van der Waals surface area contributed by atoms with Crippen molar-refractivity contribution in [1.82, 2.24) is 15.3 Å². The highest BCUT2D eigenvalue weighted by atomic mass is 15.1. The Morgan fingerprint density at radius 2 is 2.14 bits per heavy atom. The monoisotopic (exact) mass is 192 g/mol. The van der Waals surface area contributed by atoms with E-state index in [1.807, 2.05) is 6.07 Å². The van der Waals surface area contributed by atoms with E-state index in [1.165, 1.54) is 19.3 Å². The van der Waals surface area contributed by atoms with Gasteiger partial charge in [0.25, 0.3) is 0 Å². The molecule has 1 aliphatic heterocycles. The Labute approximate surface area is 84.2 Å². The molecule has 1 atom stereocenters. The fraction of sp³-hybridized carbons (Fsp3) is 0.600. The van der Waals surface area contributed by atoms with Crippen LogP contribution >= 0.6 is 0 Å². The number of hydrogen-bond donors (Lipinski definition) is 2. The van der Waals surface area contributed by atoms with Gasteiger partial charge in [-0.3, -0.25) is 0 Å². The third-order valence-electron chi connectivity index (χ3n) is 2.45. The number of rotatable bonds is 2. The molecule has 0 amide bonds. The summed E-state index contributed by atoms with van der Waals surface area (Å²) in [7, 11) is 0. The quantitative estimate of drug-likeness (QED) is 0.735. The summed E-state index contributed by atoms with van der Waals surface area (Å²) >= 11 is 0. The van der Waals surface area contributed by atoms with Crippen molar-refractivity contribution < 1.29 is 0 Å². The SMILES string of the molecule is c1cnc(N[C@H]2CCCCNC2)nc1. The highest BCUT2D eigenvalue weighted by molar-refractivity contribution is 5.24. The van der Waals surface area contributed by atoms with E-state index in [0.29, 0.717) is 6.04 Å². The lowest BCUT2D eigenvalue weighted by molar-refractivity contribution is 0.631. The van der Waals surface area contributed by atoms with Gasteiger partial charge in [-0.25, -0.2) is 9.97 Å². The van der Waals surface area contributed by atoms with Crippen LogP contribution in [0.5, 0.6) is 0 Å². The van der Waals surface area contributed by atoms with Crippen molar-refractivity contribution in [2.45, 2.75) is 25.3 Å². The van der Waals surface area contributed by atoms with Crippen molar-refractivity contribution in [3.05, 3.63) is 18.5 Å². The van der Waals surface area contributed by atoms with Gasteiger partial charge in [0.1, 0.15) is 0 Å². The van der Waals surface area contributed by atoms with Gasteiger partial charge < -0.3 is 10.6 Å². The van der Waals surface area contributed by atoms with Crippen LogP contribution in [0, 0.1) is 0 Å². The minimum atomic E-state index is 0.472. The highest BCUT2D eigenvalue weighted by Crippen LogP contribution is 2.08. The zero-order valence-electron chi connectivity index (χ0n) is 8.24. The Morgan fingerprint density at radius 3 is 3.00 bits per heavy atom. The lowest BCUT2D eigenvalue weighted by Gasteiger charge is -2.15. The summed E-state index contributed by atoms with van der Waals surface area (Å²) in [4.78, 5) is 8.31. The third-order valence-corrected chi connectivity index (χ3v) is 2.45. The molecule has 0 bridgehead atoms. The molecule has 0 radical (unpaired) electrons. The summed E-state index contributed by atoms with van der Waals surface area (Å²) in [5.41, 5.74) is 0. The molecular formula is C10H16N4. The predicted octanol–water partition coefficient (Wildman–Crippen LogP) is 1.03. The molecule has 2 N–H and O–H groups in total. The molecule has 14 heavy (non-hydrogen) atoms. The molecule has 0 unspecified atom stereocenters. The van der Waals surface area contributed by atoms with Crippen molar-refractivity contribution in [1.29, 1.82) is 0 Å². The van der Waals surface area contributed by atoms with E-state index in [2.05, 4.69) is 20.6 Å². The topological polar surface area (TPSA) is 49.8 Å². The van der Waals surface area contributed by atoms with Gasteiger partial charge >= 0.3 is 0 Å². The largest absolute Gasteiger partial charge is 0.350 e. The molecule has 76 valence electrons. The average Bonchev–Trinajstić information content (AvgIpc) is 2.48. The summed E-state index contributed by atoms with van der Waals surface area (Å²) in [6.07, 6.45) is 7.27. The van der Waals surface area contributed by atoms with Crippen molar-refractivity contribution in [2.75, 3.05) is 18.4 Å². The van der Waals surface area contributed by atoms with Crippen molar-refractivity contribution in [2.24, 2.45) is 0 Å². The summed E-state index contributed by atoms with van der Waals surface area (Å²) < 4.78 is 0. The van der Waals surface area contributed by atoms with Crippen LogP contribution in [-0.2, 0) is 0 Å². The number of nitrogens with zero attached hydrogens (tertiary/aromatic N) is 2. The van der Waals surface area contributed by atoms with Crippen LogP contribution in [0.15, 0.2) is 18.5 Å². The molecule has 2 heterocycles. The van der Waals surface area contributed by atoms with E-state index in [1.54, 1.807) is 12.4 Å². The first-order valence-corrected chi connectivity index (χ1v) is 5.19. The van der Waals surface area contributed by atoms with Crippen LogP contribution in [0.3, 0.4) is 0 Å². The van der Waals surface area contributed by atoms with Gasteiger partial charge in [0.2, 0.25) is 5.95 Å². The molecule has 1 fully saturated rings. The molecule has 0 aliphatic carbocycles.